The average Bonchev–Trinajstić information content (AvgIpc) is 3.12. The Labute approximate surface area is 146 Å². The van der Waals surface area contributed by atoms with Crippen molar-refractivity contribution in [2.75, 3.05) is 31.5 Å². The molecular weight excluding hydrogens is 320 g/mol. The van der Waals surface area contributed by atoms with Crippen LogP contribution in [0, 0.1) is 6.92 Å². The number of urea groups is 1. The number of nitrogens with zero attached hydrogens (tertiary/aromatic N) is 5. The predicted molar refractivity (Wildman–Crippen MR) is 93.4 cm³/mol. The minimum atomic E-state index is -0.142. The molecule has 132 valence electrons. The van der Waals surface area contributed by atoms with Gasteiger partial charge in [0.25, 0.3) is 5.91 Å². The molecule has 0 radical (unpaired) electrons. The normalized spacial score (nSPS) is 14.5. The number of rotatable bonds is 3. The van der Waals surface area contributed by atoms with E-state index in [0.717, 1.165) is 11.3 Å². The van der Waals surface area contributed by atoms with E-state index in [9.17, 15) is 9.59 Å². The van der Waals surface area contributed by atoms with Gasteiger partial charge in [0, 0.05) is 38.4 Å². The molecule has 0 saturated carbocycles. The second-order valence-corrected chi connectivity index (χ2v) is 6.01. The van der Waals surface area contributed by atoms with Crippen LogP contribution in [0.15, 0.2) is 30.5 Å². The number of hydrogen-bond donors (Lipinski definition) is 1. The van der Waals surface area contributed by atoms with E-state index in [1.165, 1.54) is 6.20 Å². The van der Waals surface area contributed by atoms with Crippen LogP contribution in [-0.2, 0) is 6.54 Å². The second-order valence-electron chi connectivity index (χ2n) is 6.01. The molecule has 0 spiro atoms. The molecule has 1 aliphatic rings. The van der Waals surface area contributed by atoms with E-state index in [1.54, 1.807) is 14.5 Å². The largest absolute Gasteiger partial charge is 0.334 e. The summed E-state index contributed by atoms with van der Waals surface area (Å²) in [6.45, 7) is 6.50. The van der Waals surface area contributed by atoms with Crippen LogP contribution >= 0.6 is 0 Å². The summed E-state index contributed by atoms with van der Waals surface area (Å²) in [5.74, 6) is -0.0922. The molecule has 1 saturated heterocycles. The summed E-state index contributed by atoms with van der Waals surface area (Å²) in [5.41, 5.74) is 2.40. The summed E-state index contributed by atoms with van der Waals surface area (Å²) < 4.78 is 1.58. The number of carbonyl (C=O) groups excluding carboxylic acids is 2. The number of aromatic nitrogens is 3. The third-order valence-corrected chi connectivity index (χ3v) is 4.29. The van der Waals surface area contributed by atoms with E-state index >= 15 is 0 Å². The van der Waals surface area contributed by atoms with E-state index in [2.05, 4.69) is 15.6 Å². The smallest absolute Gasteiger partial charge is 0.321 e. The lowest BCUT2D eigenvalue weighted by molar-refractivity contribution is 0.0659. The zero-order valence-corrected chi connectivity index (χ0v) is 14.5. The molecule has 1 fully saturated rings. The van der Waals surface area contributed by atoms with E-state index in [-0.39, 0.29) is 11.9 Å². The Morgan fingerprint density at radius 3 is 2.36 bits per heavy atom. The summed E-state index contributed by atoms with van der Waals surface area (Å²) in [5, 5.41) is 10.6. The SMILES string of the molecule is CCn1nncc1C(=O)N1CCN(C(=O)Nc2ccc(C)cc2)CC1. The molecule has 1 aromatic heterocycles. The summed E-state index contributed by atoms with van der Waals surface area (Å²) in [6, 6.07) is 7.53. The molecule has 2 heterocycles. The predicted octanol–water partition coefficient (Wildman–Crippen LogP) is 1.60. The van der Waals surface area contributed by atoms with Crippen molar-refractivity contribution in [2.24, 2.45) is 0 Å². The highest BCUT2D eigenvalue weighted by Crippen LogP contribution is 2.12. The van der Waals surface area contributed by atoms with Crippen LogP contribution in [0.5, 0.6) is 0 Å². The van der Waals surface area contributed by atoms with Gasteiger partial charge in [0.1, 0.15) is 5.69 Å². The molecular formula is C17H22N6O2. The first-order chi connectivity index (χ1) is 12.1. The van der Waals surface area contributed by atoms with Crippen molar-refractivity contribution < 1.29 is 9.59 Å². The first kappa shape index (κ1) is 16.9. The minimum absolute atomic E-state index is 0.0922. The highest BCUT2D eigenvalue weighted by atomic mass is 16.2. The molecule has 1 aromatic carbocycles. The number of anilines is 1. The van der Waals surface area contributed by atoms with Gasteiger partial charge in [0.05, 0.1) is 6.20 Å². The van der Waals surface area contributed by atoms with Gasteiger partial charge in [-0.15, -0.1) is 5.10 Å². The highest BCUT2D eigenvalue weighted by molar-refractivity contribution is 5.93. The fourth-order valence-corrected chi connectivity index (χ4v) is 2.77. The molecule has 3 amide bonds. The molecule has 1 aliphatic heterocycles. The van der Waals surface area contributed by atoms with Gasteiger partial charge in [-0.1, -0.05) is 22.9 Å². The first-order valence-corrected chi connectivity index (χ1v) is 8.39. The lowest BCUT2D eigenvalue weighted by atomic mass is 10.2. The van der Waals surface area contributed by atoms with E-state index < -0.39 is 0 Å². The van der Waals surface area contributed by atoms with E-state index in [1.807, 2.05) is 38.1 Å². The van der Waals surface area contributed by atoms with Crippen molar-refractivity contribution >= 4 is 17.6 Å². The molecule has 0 aliphatic carbocycles. The third kappa shape index (κ3) is 3.78. The fraction of sp³-hybridized carbons (Fsp3) is 0.412. The highest BCUT2D eigenvalue weighted by Gasteiger charge is 2.26. The molecule has 8 nitrogen and oxygen atoms in total. The van der Waals surface area contributed by atoms with Crippen LogP contribution in [0.25, 0.3) is 0 Å². The van der Waals surface area contributed by atoms with Crippen LogP contribution in [0.1, 0.15) is 23.0 Å². The lowest BCUT2D eigenvalue weighted by Gasteiger charge is -2.34. The number of nitrogens with one attached hydrogen (secondary N) is 1. The summed E-state index contributed by atoms with van der Waals surface area (Å²) in [7, 11) is 0. The Morgan fingerprint density at radius 1 is 1.08 bits per heavy atom. The Hall–Kier alpha value is -2.90. The average molecular weight is 342 g/mol. The monoisotopic (exact) mass is 342 g/mol. The van der Waals surface area contributed by atoms with Gasteiger partial charge < -0.3 is 15.1 Å². The molecule has 8 heteroatoms. The van der Waals surface area contributed by atoms with Crippen molar-refractivity contribution in [1.82, 2.24) is 24.8 Å². The Morgan fingerprint density at radius 2 is 1.72 bits per heavy atom. The van der Waals surface area contributed by atoms with Crippen molar-refractivity contribution in [3.05, 3.63) is 41.7 Å². The topological polar surface area (TPSA) is 83.4 Å². The molecule has 0 atom stereocenters. The zero-order chi connectivity index (χ0) is 17.8. The standard InChI is InChI=1S/C17H22N6O2/c1-3-23-15(12-18-20-23)16(24)21-8-10-22(11-9-21)17(25)19-14-6-4-13(2)5-7-14/h4-7,12H,3,8-11H2,1-2H3,(H,19,25). The van der Waals surface area contributed by atoms with Gasteiger partial charge in [-0.05, 0) is 26.0 Å². The van der Waals surface area contributed by atoms with E-state index in [4.69, 9.17) is 0 Å². The third-order valence-electron chi connectivity index (χ3n) is 4.29. The quantitative estimate of drug-likeness (QED) is 0.918. The summed E-state index contributed by atoms with van der Waals surface area (Å²) in [4.78, 5) is 28.3. The fourth-order valence-electron chi connectivity index (χ4n) is 2.77. The molecule has 0 unspecified atom stereocenters. The van der Waals surface area contributed by atoms with Crippen molar-refractivity contribution in [3.63, 3.8) is 0 Å². The zero-order valence-electron chi connectivity index (χ0n) is 14.5. The van der Waals surface area contributed by atoms with Crippen LogP contribution in [-0.4, -0.2) is 62.9 Å². The molecule has 2 aromatic rings. The number of carbonyl (C=O) groups is 2. The van der Waals surface area contributed by atoms with Gasteiger partial charge in [0.2, 0.25) is 0 Å². The number of amides is 3. The Bertz CT molecular complexity index is 747. The summed E-state index contributed by atoms with van der Waals surface area (Å²) in [6.07, 6.45) is 1.49. The van der Waals surface area contributed by atoms with Crippen LogP contribution in [0.3, 0.4) is 0 Å². The number of benzene rings is 1. The van der Waals surface area contributed by atoms with Crippen LogP contribution in [0.4, 0.5) is 10.5 Å². The van der Waals surface area contributed by atoms with Crippen molar-refractivity contribution in [1.29, 1.82) is 0 Å². The maximum absolute atomic E-state index is 12.5. The Kier molecular flexibility index (Phi) is 4.97. The molecule has 25 heavy (non-hydrogen) atoms. The van der Waals surface area contributed by atoms with Gasteiger partial charge in [-0.3, -0.25) is 4.79 Å². The molecule has 1 N–H and O–H groups in total. The van der Waals surface area contributed by atoms with Gasteiger partial charge in [-0.2, -0.15) is 0 Å². The lowest BCUT2D eigenvalue weighted by Crippen LogP contribution is -2.52. The number of hydrogen-bond acceptors (Lipinski definition) is 4. The minimum Gasteiger partial charge on any atom is -0.334 e. The second kappa shape index (κ2) is 7.33. The van der Waals surface area contributed by atoms with Gasteiger partial charge in [0.15, 0.2) is 0 Å². The number of piperazine rings is 1. The van der Waals surface area contributed by atoms with Gasteiger partial charge >= 0.3 is 6.03 Å². The van der Waals surface area contributed by atoms with Crippen LogP contribution < -0.4 is 5.32 Å². The maximum atomic E-state index is 12.5. The summed E-state index contributed by atoms with van der Waals surface area (Å²) >= 11 is 0. The Balaban J connectivity index is 1.55. The number of aryl methyl sites for hydroxylation is 2. The van der Waals surface area contributed by atoms with Crippen molar-refractivity contribution in [2.45, 2.75) is 20.4 Å². The van der Waals surface area contributed by atoms with E-state index in [0.29, 0.717) is 38.4 Å². The van der Waals surface area contributed by atoms with Crippen molar-refractivity contribution in [3.8, 4) is 0 Å². The molecule has 0 bridgehead atoms. The molecule has 3 rings (SSSR count). The first-order valence-electron chi connectivity index (χ1n) is 8.39. The van der Waals surface area contributed by atoms with Gasteiger partial charge in [-0.25, -0.2) is 9.48 Å². The maximum Gasteiger partial charge on any atom is 0.321 e. The van der Waals surface area contributed by atoms with Crippen LogP contribution in [0.2, 0.25) is 0 Å².